The second kappa shape index (κ2) is 6.41. The molecule has 0 heterocycles. The third-order valence-corrected chi connectivity index (χ3v) is 3.79. The van der Waals surface area contributed by atoms with Gasteiger partial charge in [0.05, 0.1) is 24.4 Å². The Labute approximate surface area is 113 Å². The average Bonchev–Trinajstić information content (AvgIpc) is 2.75. The van der Waals surface area contributed by atoms with Crippen LogP contribution in [0.5, 0.6) is 0 Å². The van der Waals surface area contributed by atoms with Gasteiger partial charge in [-0.15, -0.1) is 0 Å². The summed E-state index contributed by atoms with van der Waals surface area (Å²) in [5.41, 5.74) is -0.621. The minimum atomic E-state index is -0.894. The Balaban J connectivity index is 2.67. The lowest BCUT2D eigenvalue weighted by Gasteiger charge is -2.33. The molecule has 2 N–H and O–H groups in total. The first-order valence-electron chi connectivity index (χ1n) is 6.54. The van der Waals surface area contributed by atoms with Crippen LogP contribution >= 0.6 is 0 Å². The molecule has 1 unspecified atom stereocenters. The van der Waals surface area contributed by atoms with Crippen LogP contribution in [0, 0.1) is 11.3 Å². The molecule has 0 aromatic carbocycles. The number of carboxylic acid groups (broad SMARTS) is 1. The van der Waals surface area contributed by atoms with E-state index in [2.05, 4.69) is 5.32 Å². The van der Waals surface area contributed by atoms with Gasteiger partial charge >= 0.3 is 12.0 Å². The number of carbonyl (C=O) groups is 2. The molecule has 6 nitrogen and oxygen atoms in total. The number of hydrogen-bond donors (Lipinski definition) is 2. The minimum Gasteiger partial charge on any atom is -0.481 e. The van der Waals surface area contributed by atoms with Gasteiger partial charge in [-0.2, -0.15) is 5.26 Å². The maximum absolute atomic E-state index is 12.1. The predicted octanol–water partition coefficient (Wildman–Crippen LogP) is 1.72. The number of nitrogens with one attached hydrogen (secondary N) is 1. The number of aliphatic carboxylic acids is 1. The Morgan fingerprint density at radius 1 is 1.47 bits per heavy atom. The van der Waals surface area contributed by atoms with E-state index in [4.69, 9.17) is 10.4 Å². The number of urea groups is 1. The Hall–Kier alpha value is -1.77. The van der Waals surface area contributed by atoms with E-state index in [1.165, 1.54) is 4.90 Å². The molecule has 19 heavy (non-hydrogen) atoms. The van der Waals surface area contributed by atoms with Crippen molar-refractivity contribution in [1.29, 1.82) is 5.26 Å². The van der Waals surface area contributed by atoms with E-state index in [0.717, 1.165) is 12.8 Å². The largest absolute Gasteiger partial charge is 0.481 e. The van der Waals surface area contributed by atoms with Crippen LogP contribution in [0.25, 0.3) is 0 Å². The second-order valence-corrected chi connectivity index (χ2v) is 5.31. The monoisotopic (exact) mass is 267 g/mol. The van der Waals surface area contributed by atoms with Crippen LogP contribution in [-0.4, -0.2) is 40.6 Å². The highest BCUT2D eigenvalue weighted by atomic mass is 16.4. The topological polar surface area (TPSA) is 93.4 Å². The molecule has 0 aromatic rings. The molecule has 1 rings (SSSR count). The Morgan fingerprint density at radius 2 is 2.05 bits per heavy atom. The summed E-state index contributed by atoms with van der Waals surface area (Å²) in [4.78, 5) is 24.5. The molecule has 0 bridgehead atoms. The normalized spacial score (nSPS) is 18.4. The summed E-state index contributed by atoms with van der Waals surface area (Å²) >= 11 is 0. The summed E-state index contributed by atoms with van der Waals surface area (Å²) in [6, 6.07) is 1.54. The molecule has 1 saturated carbocycles. The van der Waals surface area contributed by atoms with Gasteiger partial charge in [-0.1, -0.05) is 12.8 Å². The van der Waals surface area contributed by atoms with Crippen LogP contribution < -0.4 is 5.32 Å². The van der Waals surface area contributed by atoms with Gasteiger partial charge in [-0.25, -0.2) is 4.79 Å². The van der Waals surface area contributed by atoms with Crippen molar-refractivity contribution >= 4 is 12.0 Å². The number of hydrogen-bond acceptors (Lipinski definition) is 3. The van der Waals surface area contributed by atoms with Crippen molar-refractivity contribution < 1.29 is 14.7 Å². The van der Waals surface area contributed by atoms with E-state index in [-0.39, 0.29) is 24.9 Å². The summed E-state index contributed by atoms with van der Waals surface area (Å²) in [6.45, 7) is 1.79. The molecule has 1 aliphatic rings. The van der Waals surface area contributed by atoms with Crippen LogP contribution in [0.1, 0.15) is 45.4 Å². The van der Waals surface area contributed by atoms with Gasteiger partial charge in [0.2, 0.25) is 0 Å². The highest BCUT2D eigenvalue weighted by Gasteiger charge is 2.38. The minimum absolute atomic E-state index is 0.0424. The molecule has 0 aliphatic heterocycles. The number of nitriles is 1. The first-order chi connectivity index (χ1) is 8.90. The molecule has 1 fully saturated rings. The van der Waals surface area contributed by atoms with Crippen molar-refractivity contribution in [3.63, 3.8) is 0 Å². The third-order valence-electron chi connectivity index (χ3n) is 3.79. The van der Waals surface area contributed by atoms with Gasteiger partial charge in [0.25, 0.3) is 0 Å². The maximum atomic E-state index is 12.1. The van der Waals surface area contributed by atoms with E-state index >= 15 is 0 Å². The Kier molecular flexibility index (Phi) is 5.16. The molecular weight excluding hydrogens is 246 g/mol. The van der Waals surface area contributed by atoms with Crippen LogP contribution in [0.15, 0.2) is 0 Å². The first kappa shape index (κ1) is 15.3. The highest BCUT2D eigenvalue weighted by molar-refractivity contribution is 5.77. The predicted molar refractivity (Wildman–Crippen MR) is 69.4 cm³/mol. The smallest absolute Gasteiger partial charge is 0.317 e. The molecule has 0 saturated heterocycles. The van der Waals surface area contributed by atoms with Gasteiger partial charge < -0.3 is 15.3 Å². The molecule has 0 radical (unpaired) electrons. The standard InChI is InChI=1S/C13H21N3O3/c1-10(5-8-14)16(2)12(19)15-13(9-11(17)18)6-3-4-7-13/h10H,3-7,9H2,1-2H3,(H,15,19)(H,17,18). The lowest BCUT2D eigenvalue weighted by Crippen LogP contribution is -2.53. The van der Waals surface area contributed by atoms with E-state index in [9.17, 15) is 9.59 Å². The summed E-state index contributed by atoms with van der Waals surface area (Å²) in [7, 11) is 1.63. The van der Waals surface area contributed by atoms with E-state index in [1.54, 1.807) is 14.0 Å². The van der Waals surface area contributed by atoms with Crippen molar-refractivity contribution in [2.24, 2.45) is 0 Å². The summed E-state index contributed by atoms with van der Waals surface area (Å²) in [5, 5.41) is 20.5. The SMILES string of the molecule is CC(CC#N)N(C)C(=O)NC1(CC(=O)O)CCCC1. The van der Waals surface area contributed by atoms with Crippen LogP contribution in [0.4, 0.5) is 4.79 Å². The molecule has 0 aromatic heterocycles. The van der Waals surface area contributed by atoms with Crippen molar-refractivity contribution in [3.05, 3.63) is 0 Å². The van der Waals surface area contributed by atoms with Gasteiger partial charge in [-0.05, 0) is 19.8 Å². The summed E-state index contributed by atoms with van der Waals surface area (Å²) in [5.74, 6) is -0.894. The fraction of sp³-hybridized carbons (Fsp3) is 0.769. The van der Waals surface area contributed by atoms with E-state index in [1.807, 2.05) is 6.07 Å². The molecule has 6 heteroatoms. The number of rotatable bonds is 5. The number of carboxylic acids is 1. The number of nitrogens with zero attached hydrogens (tertiary/aromatic N) is 2. The number of amides is 2. The molecule has 2 amide bonds. The van der Waals surface area contributed by atoms with Crippen molar-refractivity contribution in [3.8, 4) is 6.07 Å². The van der Waals surface area contributed by atoms with Gasteiger partial charge in [0, 0.05) is 13.1 Å². The lowest BCUT2D eigenvalue weighted by atomic mass is 9.93. The lowest BCUT2D eigenvalue weighted by molar-refractivity contribution is -0.138. The maximum Gasteiger partial charge on any atom is 0.317 e. The summed E-state index contributed by atoms with van der Waals surface area (Å²) < 4.78 is 0. The van der Waals surface area contributed by atoms with E-state index < -0.39 is 11.5 Å². The van der Waals surface area contributed by atoms with Gasteiger partial charge in [0.15, 0.2) is 0 Å². The van der Waals surface area contributed by atoms with Crippen LogP contribution in [0.2, 0.25) is 0 Å². The quantitative estimate of drug-likeness (QED) is 0.793. The van der Waals surface area contributed by atoms with Crippen LogP contribution in [0.3, 0.4) is 0 Å². The zero-order valence-corrected chi connectivity index (χ0v) is 11.5. The number of carbonyl (C=O) groups excluding carboxylic acids is 1. The van der Waals surface area contributed by atoms with Crippen molar-refractivity contribution in [2.45, 2.75) is 57.0 Å². The van der Waals surface area contributed by atoms with Gasteiger partial charge in [0.1, 0.15) is 0 Å². The molecule has 106 valence electrons. The Morgan fingerprint density at radius 3 is 2.53 bits per heavy atom. The zero-order chi connectivity index (χ0) is 14.5. The summed E-state index contributed by atoms with van der Waals surface area (Å²) in [6.07, 6.45) is 3.49. The highest BCUT2D eigenvalue weighted by Crippen LogP contribution is 2.32. The fourth-order valence-corrected chi connectivity index (χ4v) is 2.47. The molecule has 0 spiro atoms. The van der Waals surface area contributed by atoms with Crippen molar-refractivity contribution in [2.75, 3.05) is 7.05 Å². The fourth-order valence-electron chi connectivity index (χ4n) is 2.47. The van der Waals surface area contributed by atoms with Crippen LogP contribution in [-0.2, 0) is 4.79 Å². The van der Waals surface area contributed by atoms with Gasteiger partial charge in [-0.3, -0.25) is 4.79 Å². The molecule has 1 aliphatic carbocycles. The molecular formula is C13H21N3O3. The average molecular weight is 267 g/mol. The zero-order valence-electron chi connectivity index (χ0n) is 11.5. The molecule has 1 atom stereocenters. The second-order valence-electron chi connectivity index (χ2n) is 5.31. The Bertz CT molecular complexity index is 383. The third kappa shape index (κ3) is 4.12. The van der Waals surface area contributed by atoms with E-state index in [0.29, 0.717) is 12.8 Å². The first-order valence-corrected chi connectivity index (χ1v) is 6.54. The van der Waals surface area contributed by atoms with Crippen molar-refractivity contribution in [1.82, 2.24) is 10.2 Å².